The smallest absolute Gasteiger partial charge is 0.414 e. The van der Waals surface area contributed by atoms with E-state index in [9.17, 15) is 5.11 Å². The summed E-state index contributed by atoms with van der Waals surface area (Å²) in [4.78, 5) is 18.2. The molecule has 1 atom stereocenters. The highest BCUT2D eigenvalue weighted by Crippen LogP contribution is 2.33. The Kier molecular flexibility index (Phi) is 10.6. The molecule has 0 aliphatic heterocycles. The number of ether oxygens (including phenoxy) is 3. The molecule has 34 heavy (non-hydrogen) atoms. The quantitative estimate of drug-likeness (QED) is 0.236. The van der Waals surface area contributed by atoms with Crippen molar-refractivity contribution in [2.75, 3.05) is 33.9 Å². The molecule has 1 heterocycles. The van der Waals surface area contributed by atoms with E-state index in [4.69, 9.17) is 38.5 Å². The zero-order valence-corrected chi connectivity index (χ0v) is 18.9. The van der Waals surface area contributed by atoms with Gasteiger partial charge in [-0.3, -0.25) is 0 Å². The van der Waals surface area contributed by atoms with Crippen LogP contribution in [0.5, 0.6) is 17.2 Å². The summed E-state index contributed by atoms with van der Waals surface area (Å²) < 4.78 is 21.6. The molecule has 11 heteroatoms. The predicted octanol–water partition coefficient (Wildman–Crippen LogP) is 1.96. The lowest BCUT2D eigenvalue weighted by molar-refractivity contribution is -0.159. The van der Waals surface area contributed by atoms with Gasteiger partial charge in [0.2, 0.25) is 0 Å². The molecular formula is C23H28N2O9. The van der Waals surface area contributed by atoms with Gasteiger partial charge in [-0.05, 0) is 37.6 Å². The molecule has 11 nitrogen and oxygen atoms in total. The van der Waals surface area contributed by atoms with Gasteiger partial charge in [-0.25, -0.2) is 9.59 Å². The number of nitrogens with zero attached hydrogens (tertiary/aromatic N) is 1. The first-order chi connectivity index (χ1) is 16.3. The minimum absolute atomic E-state index is 0.257. The summed E-state index contributed by atoms with van der Waals surface area (Å²) in [6.45, 7) is 1.48. The molecule has 1 aromatic heterocycles. The van der Waals surface area contributed by atoms with Crippen LogP contribution in [0.3, 0.4) is 0 Å². The Morgan fingerprint density at radius 1 is 1.06 bits per heavy atom. The van der Waals surface area contributed by atoms with Crippen LogP contribution in [0, 0.1) is 0 Å². The van der Waals surface area contributed by atoms with Gasteiger partial charge in [0, 0.05) is 18.0 Å². The van der Waals surface area contributed by atoms with Gasteiger partial charge in [-0.2, -0.15) is 0 Å². The second-order valence-corrected chi connectivity index (χ2v) is 7.03. The van der Waals surface area contributed by atoms with Crippen molar-refractivity contribution in [1.29, 1.82) is 0 Å². The number of aliphatic hydroxyl groups excluding tert-OH is 1. The number of aliphatic carboxylic acids is 2. The summed E-state index contributed by atoms with van der Waals surface area (Å²) >= 11 is 0. The molecule has 0 spiro atoms. The van der Waals surface area contributed by atoms with E-state index in [1.165, 1.54) is 0 Å². The normalized spacial score (nSPS) is 11.3. The van der Waals surface area contributed by atoms with Crippen LogP contribution < -0.4 is 19.5 Å². The number of para-hydroxylation sites is 1. The number of nitrogens with one attached hydrogen (secondary N) is 1. The van der Waals surface area contributed by atoms with E-state index in [0.717, 1.165) is 36.2 Å². The number of carboxylic acids is 2. The fraction of sp³-hybridized carbons (Fsp3) is 0.348. The number of aryl methyl sites for hydroxylation is 1. The van der Waals surface area contributed by atoms with E-state index in [2.05, 4.69) is 10.5 Å². The number of rotatable bonds is 11. The van der Waals surface area contributed by atoms with Gasteiger partial charge in [0.1, 0.15) is 18.5 Å². The fourth-order valence-electron chi connectivity index (χ4n) is 2.91. The van der Waals surface area contributed by atoms with Crippen molar-refractivity contribution in [3.8, 4) is 17.2 Å². The van der Waals surface area contributed by atoms with Crippen molar-refractivity contribution in [3.63, 3.8) is 0 Å². The Morgan fingerprint density at radius 3 is 2.32 bits per heavy atom. The molecule has 3 aromatic rings. The van der Waals surface area contributed by atoms with Gasteiger partial charge < -0.3 is 39.4 Å². The molecule has 3 rings (SSSR count). The summed E-state index contributed by atoms with van der Waals surface area (Å²) in [7, 11) is 3.19. The lowest BCUT2D eigenvalue weighted by atomic mass is 10.1. The molecule has 0 saturated heterocycles. The summed E-state index contributed by atoms with van der Waals surface area (Å²) in [5.74, 6) is -1.62. The molecule has 0 bridgehead atoms. The second-order valence-electron chi connectivity index (χ2n) is 7.03. The molecular weight excluding hydrogens is 448 g/mol. The molecule has 0 radical (unpaired) electrons. The van der Waals surface area contributed by atoms with Crippen LogP contribution in [0.4, 0.5) is 0 Å². The summed E-state index contributed by atoms with van der Waals surface area (Å²) in [6.07, 6.45) is 1.05. The van der Waals surface area contributed by atoms with Crippen molar-refractivity contribution < 1.29 is 43.6 Å². The monoisotopic (exact) mass is 476 g/mol. The minimum atomic E-state index is -1.82. The van der Waals surface area contributed by atoms with Crippen LogP contribution in [0.2, 0.25) is 0 Å². The summed E-state index contributed by atoms with van der Waals surface area (Å²) in [5.41, 5.74) is 1.56. The van der Waals surface area contributed by atoms with Crippen molar-refractivity contribution in [2.24, 2.45) is 0 Å². The fourth-order valence-corrected chi connectivity index (χ4v) is 2.91. The van der Waals surface area contributed by atoms with E-state index in [-0.39, 0.29) is 6.61 Å². The van der Waals surface area contributed by atoms with Crippen LogP contribution in [0.15, 0.2) is 47.0 Å². The molecule has 184 valence electrons. The van der Waals surface area contributed by atoms with Crippen LogP contribution in [0.1, 0.15) is 12.1 Å². The maximum atomic E-state index is 10.0. The summed E-state index contributed by atoms with van der Waals surface area (Å²) in [6, 6.07) is 13.1. The molecule has 0 aliphatic carbocycles. The molecule has 2 aromatic carbocycles. The van der Waals surface area contributed by atoms with Crippen molar-refractivity contribution in [3.05, 3.63) is 48.2 Å². The number of fused-ring (bicyclic) bond motifs is 1. The first-order valence-electron chi connectivity index (χ1n) is 10.4. The maximum absolute atomic E-state index is 10.0. The highest BCUT2D eigenvalue weighted by Gasteiger charge is 2.14. The average molecular weight is 476 g/mol. The van der Waals surface area contributed by atoms with Crippen molar-refractivity contribution >= 4 is 22.9 Å². The second kappa shape index (κ2) is 13.7. The Bertz CT molecular complexity index is 1040. The van der Waals surface area contributed by atoms with Gasteiger partial charge in [0.15, 0.2) is 17.1 Å². The van der Waals surface area contributed by atoms with Crippen LogP contribution >= 0.6 is 0 Å². The van der Waals surface area contributed by atoms with Gasteiger partial charge in [-0.1, -0.05) is 23.4 Å². The highest BCUT2D eigenvalue weighted by atomic mass is 16.5. The number of aliphatic hydroxyl groups is 1. The molecule has 1 unspecified atom stereocenters. The van der Waals surface area contributed by atoms with Crippen LogP contribution in [0.25, 0.3) is 11.0 Å². The highest BCUT2D eigenvalue weighted by molar-refractivity contribution is 6.27. The standard InChI is InChI=1S/C21H26N2O5.C2H2O4/c1-25-20-11-17-18(23-28-19(17)12-21(20)26-2)9-6-10-22-13-15(24)14-27-16-7-4-3-5-8-16;3-1(4)2(5)6/h3-5,7-8,11-12,15,22,24H,6,9-10,13-14H2,1-2H3;(H,3,4)(H,5,6). The zero-order valence-electron chi connectivity index (χ0n) is 18.9. The minimum Gasteiger partial charge on any atom is -0.493 e. The lowest BCUT2D eigenvalue weighted by Gasteiger charge is -2.13. The lowest BCUT2D eigenvalue weighted by Crippen LogP contribution is -2.32. The van der Waals surface area contributed by atoms with E-state index in [1.54, 1.807) is 20.3 Å². The average Bonchev–Trinajstić information content (AvgIpc) is 3.24. The van der Waals surface area contributed by atoms with Gasteiger partial charge in [-0.15, -0.1) is 0 Å². The SMILES string of the molecule is COc1cc2onc(CCCNCC(O)COc3ccccc3)c2cc1OC.O=C(O)C(=O)O. The Balaban J connectivity index is 0.000000604. The third-order valence-electron chi connectivity index (χ3n) is 4.57. The Hall–Kier alpha value is -3.83. The number of benzene rings is 2. The number of carbonyl (C=O) groups is 2. The van der Waals surface area contributed by atoms with Crippen LogP contribution in [-0.2, 0) is 16.0 Å². The van der Waals surface area contributed by atoms with Crippen molar-refractivity contribution in [2.45, 2.75) is 18.9 Å². The van der Waals surface area contributed by atoms with E-state index >= 15 is 0 Å². The Labute approximate surface area is 195 Å². The summed E-state index contributed by atoms with van der Waals surface area (Å²) in [5, 5.41) is 33.1. The van der Waals surface area contributed by atoms with Crippen molar-refractivity contribution in [1.82, 2.24) is 10.5 Å². The third-order valence-corrected chi connectivity index (χ3v) is 4.57. The molecule has 0 fully saturated rings. The first kappa shape index (κ1) is 26.4. The largest absolute Gasteiger partial charge is 0.493 e. The van der Waals surface area contributed by atoms with Gasteiger partial charge >= 0.3 is 11.9 Å². The zero-order chi connectivity index (χ0) is 24.9. The number of methoxy groups -OCH3 is 2. The Morgan fingerprint density at radius 2 is 1.71 bits per heavy atom. The number of hydrogen-bond acceptors (Lipinski definition) is 9. The number of carboxylic acid groups (broad SMARTS) is 2. The van der Waals surface area contributed by atoms with E-state index in [0.29, 0.717) is 23.6 Å². The van der Waals surface area contributed by atoms with E-state index in [1.807, 2.05) is 36.4 Å². The van der Waals surface area contributed by atoms with Gasteiger partial charge in [0.25, 0.3) is 0 Å². The third kappa shape index (κ3) is 8.26. The molecule has 0 aliphatic rings. The van der Waals surface area contributed by atoms with Gasteiger partial charge in [0.05, 0.1) is 19.9 Å². The number of hydrogen-bond donors (Lipinski definition) is 4. The molecule has 0 saturated carbocycles. The first-order valence-corrected chi connectivity index (χ1v) is 10.4. The van der Waals surface area contributed by atoms with E-state index < -0.39 is 18.0 Å². The number of aromatic nitrogens is 1. The van der Waals surface area contributed by atoms with Crippen LogP contribution in [-0.4, -0.2) is 72.4 Å². The molecule has 0 amide bonds. The topological polar surface area (TPSA) is 161 Å². The predicted molar refractivity (Wildman–Crippen MR) is 122 cm³/mol. The maximum Gasteiger partial charge on any atom is 0.414 e. The molecule has 4 N–H and O–H groups in total.